The Bertz CT molecular complexity index is 338. The molecule has 0 aliphatic carbocycles. The molecule has 0 atom stereocenters. The van der Waals surface area contributed by atoms with Gasteiger partial charge < -0.3 is 14.6 Å². The molecule has 1 saturated heterocycles. The number of hydrogen-bond donors (Lipinski definition) is 1. The van der Waals surface area contributed by atoms with Crippen LogP contribution < -0.4 is 0 Å². The third-order valence-electron chi connectivity index (χ3n) is 2.80. The van der Waals surface area contributed by atoms with Crippen LogP contribution in [0.15, 0.2) is 28.7 Å². The molecule has 16 heavy (non-hydrogen) atoms. The molecule has 1 aromatic carbocycles. The average molecular weight is 284 g/mol. The number of ether oxygens (including phenoxy) is 1. The first kappa shape index (κ1) is 12.1. The van der Waals surface area contributed by atoms with Crippen LogP contribution in [0.5, 0.6) is 0 Å². The molecule has 0 spiro atoms. The molecule has 1 aliphatic rings. The first-order chi connectivity index (χ1) is 7.65. The van der Waals surface area contributed by atoms with Crippen LogP contribution in [0.4, 0.5) is 0 Å². The van der Waals surface area contributed by atoms with Gasteiger partial charge in [0, 0.05) is 17.6 Å². The quantitative estimate of drug-likeness (QED) is 0.855. The minimum absolute atomic E-state index is 0.262. The fraction of sp³-hybridized carbons (Fsp3) is 0.455. The van der Waals surface area contributed by atoms with Gasteiger partial charge in [0.25, 0.3) is 0 Å². The van der Waals surface area contributed by atoms with E-state index in [1.807, 2.05) is 16.9 Å². The molecule has 0 saturated carbocycles. The molecule has 0 amide bonds. The number of hydrogen-bond acceptors (Lipinski definition) is 3. The highest BCUT2D eigenvalue weighted by Gasteiger charge is 2.31. The largest absolute Gasteiger partial charge is 0.437 e. The number of nitrogens with zero attached hydrogens (tertiary/aromatic N) is 1. The summed E-state index contributed by atoms with van der Waals surface area (Å²) in [5.41, 5.74) is 1.18. The predicted octanol–water partition coefficient (Wildman–Crippen LogP) is 1.76. The van der Waals surface area contributed by atoms with Crippen LogP contribution in [0.3, 0.4) is 0 Å². The standard InChI is InChI=1S/C11H15BBrNO2/c1-12(15)14-6-11(7-14)16-8-9-2-4-10(13)5-3-9/h2-5,11,15H,6-8H2,1H3. The van der Waals surface area contributed by atoms with E-state index < -0.39 is 0 Å². The van der Waals surface area contributed by atoms with Gasteiger partial charge in [0.2, 0.25) is 0 Å². The molecule has 1 aliphatic heterocycles. The second-order valence-electron chi connectivity index (χ2n) is 4.15. The lowest BCUT2D eigenvalue weighted by molar-refractivity contribution is -0.0361. The number of benzene rings is 1. The van der Waals surface area contributed by atoms with Gasteiger partial charge in [-0.3, -0.25) is 0 Å². The minimum atomic E-state index is -0.354. The van der Waals surface area contributed by atoms with Gasteiger partial charge in [-0.25, -0.2) is 0 Å². The second-order valence-corrected chi connectivity index (χ2v) is 5.06. The third kappa shape index (κ3) is 3.07. The van der Waals surface area contributed by atoms with Crippen LogP contribution in [0, 0.1) is 0 Å². The molecule has 0 unspecified atom stereocenters. The summed E-state index contributed by atoms with van der Waals surface area (Å²) < 4.78 is 6.80. The molecule has 3 nitrogen and oxygen atoms in total. The normalized spacial score (nSPS) is 17.2. The average Bonchev–Trinajstić information content (AvgIpc) is 2.18. The van der Waals surface area contributed by atoms with Crippen LogP contribution in [0.1, 0.15) is 5.56 Å². The summed E-state index contributed by atoms with van der Waals surface area (Å²) in [7, 11) is -0.354. The predicted molar refractivity (Wildman–Crippen MR) is 68.1 cm³/mol. The van der Waals surface area contributed by atoms with E-state index in [0.717, 1.165) is 17.6 Å². The Hall–Kier alpha value is -0.355. The maximum atomic E-state index is 9.27. The highest BCUT2D eigenvalue weighted by Crippen LogP contribution is 2.16. The van der Waals surface area contributed by atoms with Gasteiger partial charge in [-0.1, -0.05) is 28.1 Å². The van der Waals surface area contributed by atoms with Crippen molar-refractivity contribution in [3.8, 4) is 0 Å². The van der Waals surface area contributed by atoms with Crippen LogP contribution in [0.25, 0.3) is 0 Å². The molecule has 1 heterocycles. The molecule has 0 bridgehead atoms. The van der Waals surface area contributed by atoms with E-state index in [9.17, 15) is 5.02 Å². The van der Waals surface area contributed by atoms with Crippen molar-refractivity contribution in [1.29, 1.82) is 0 Å². The third-order valence-corrected chi connectivity index (χ3v) is 3.33. The van der Waals surface area contributed by atoms with Crippen molar-refractivity contribution in [3.05, 3.63) is 34.3 Å². The van der Waals surface area contributed by atoms with Crippen LogP contribution >= 0.6 is 15.9 Å². The van der Waals surface area contributed by atoms with E-state index >= 15 is 0 Å². The van der Waals surface area contributed by atoms with Crippen molar-refractivity contribution in [2.45, 2.75) is 19.5 Å². The summed E-state index contributed by atoms with van der Waals surface area (Å²) in [6, 6.07) is 8.13. The monoisotopic (exact) mass is 283 g/mol. The number of halogens is 1. The Morgan fingerprint density at radius 2 is 2.06 bits per heavy atom. The van der Waals surface area contributed by atoms with E-state index in [-0.39, 0.29) is 13.2 Å². The van der Waals surface area contributed by atoms with Gasteiger partial charge >= 0.3 is 7.05 Å². The molecule has 2 rings (SSSR count). The Labute approximate surface area is 105 Å². The van der Waals surface area contributed by atoms with E-state index in [1.54, 1.807) is 6.82 Å². The van der Waals surface area contributed by atoms with Crippen molar-refractivity contribution in [1.82, 2.24) is 4.81 Å². The summed E-state index contributed by atoms with van der Waals surface area (Å²) in [6.07, 6.45) is 0.262. The molecule has 0 radical (unpaired) electrons. The Kier molecular flexibility index (Phi) is 4.02. The molecule has 5 heteroatoms. The van der Waals surface area contributed by atoms with Crippen molar-refractivity contribution < 1.29 is 9.76 Å². The smallest absolute Gasteiger partial charge is 0.376 e. The maximum absolute atomic E-state index is 9.27. The molecule has 0 aromatic heterocycles. The Morgan fingerprint density at radius 3 is 2.62 bits per heavy atom. The van der Waals surface area contributed by atoms with E-state index in [1.165, 1.54) is 5.56 Å². The number of rotatable bonds is 4. The van der Waals surface area contributed by atoms with Crippen LogP contribution in [0.2, 0.25) is 6.82 Å². The summed E-state index contributed by atoms with van der Waals surface area (Å²) in [4.78, 5) is 1.98. The first-order valence-corrected chi connectivity index (χ1v) is 6.22. The lowest BCUT2D eigenvalue weighted by Gasteiger charge is -2.39. The van der Waals surface area contributed by atoms with Gasteiger partial charge in [-0.05, 0) is 24.5 Å². The lowest BCUT2D eigenvalue weighted by atomic mass is 9.81. The molecule has 86 valence electrons. The van der Waals surface area contributed by atoms with Crippen LogP contribution in [-0.2, 0) is 11.3 Å². The zero-order chi connectivity index (χ0) is 11.5. The molecule has 1 N–H and O–H groups in total. The Balaban J connectivity index is 1.71. The van der Waals surface area contributed by atoms with Gasteiger partial charge in [-0.2, -0.15) is 0 Å². The second kappa shape index (κ2) is 5.32. The van der Waals surface area contributed by atoms with Crippen molar-refractivity contribution >= 4 is 23.0 Å². The lowest BCUT2D eigenvalue weighted by Crippen LogP contribution is -2.57. The van der Waals surface area contributed by atoms with Crippen molar-refractivity contribution in [2.24, 2.45) is 0 Å². The van der Waals surface area contributed by atoms with Gasteiger partial charge in [0.1, 0.15) is 0 Å². The fourth-order valence-corrected chi connectivity index (χ4v) is 1.94. The molecule has 1 aromatic rings. The summed E-state index contributed by atoms with van der Waals surface area (Å²) >= 11 is 3.40. The molecule has 1 fully saturated rings. The fourth-order valence-electron chi connectivity index (χ4n) is 1.67. The minimum Gasteiger partial charge on any atom is -0.437 e. The highest BCUT2D eigenvalue weighted by atomic mass is 79.9. The maximum Gasteiger partial charge on any atom is 0.376 e. The summed E-state index contributed by atoms with van der Waals surface area (Å²) in [5.74, 6) is 0. The molecular weight excluding hydrogens is 269 g/mol. The van der Waals surface area contributed by atoms with Crippen LogP contribution in [-0.4, -0.2) is 36.1 Å². The zero-order valence-electron chi connectivity index (χ0n) is 9.27. The zero-order valence-corrected chi connectivity index (χ0v) is 10.9. The van der Waals surface area contributed by atoms with Gasteiger partial charge in [0.05, 0.1) is 12.7 Å². The van der Waals surface area contributed by atoms with E-state index in [2.05, 4.69) is 28.1 Å². The first-order valence-electron chi connectivity index (χ1n) is 5.43. The molecular formula is C11H15BBrNO2. The summed E-state index contributed by atoms with van der Waals surface area (Å²) in [5, 5.41) is 9.27. The van der Waals surface area contributed by atoms with Crippen molar-refractivity contribution in [3.63, 3.8) is 0 Å². The van der Waals surface area contributed by atoms with Gasteiger partial charge in [0.15, 0.2) is 0 Å². The highest BCUT2D eigenvalue weighted by molar-refractivity contribution is 9.10. The SMILES string of the molecule is CB(O)N1CC(OCc2ccc(Br)cc2)C1. The Morgan fingerprint density at radius 1 is 1.44 bits per heavy atom. The van der Waals surface area contributed by atoms with Gasteiger partial charge in [-0.15, -0.1) is 0 Å². The van der Waals surface area contributed by atoms with E-state index in [4.69, 9.17) is 4.74 Å². The summed E-state index contributed by atoms with van der Waals surface area (Å²) in [6.45, 7) is 4.08. The van der Waals surface area contributed by atoms with E-state index in [0.29, 0.717) is 6.61 Å². The van der Waals surface area contributed by atoms with Crippen molar-refractivity contribution in [2.75, 3.05) is 13.1 Å². The topological polar surface area (TPSA) is 32.7 Å².